The molecule has 182 valence electrons. The van der Waals surface area contributed by atoms with Gasteiger partial charge in [-0.25, -0.2) is 9.37 Å². The summed E-state index contributed by atoms with van der Waals surface area (Å²) in [4.78, 5) is 17.2. The maximum Gasteiger partial charge on any atom is 0.251 e. The number of nitrogens with zero attached hydrogens (tertiary/aromatic N) is 2. The first-order chi connectivity index (χ1) is 16.9. The quantitative estimate of drug-likeness (QED) is 0.285. The van der Waals surface area contributed by atoms with Gasteiger partial charge in [0, 0.05) is 25.1 Å². The van der Waals surface area contributed by atoms with E-state index in [1.165, 1.54) is 35.4 Å². The number of rotatable bonds is 10. The van der Waals surface area contributed by atoms with Crippen molar-refractivity contribution in [1.29, 1.82) is 0 Å². The molecule has 1 aromatic heterocycles. The van der Waals surface area contributed by atoms with Crippen LogP contribution in [0.4, 0.5) is 4.39 Å². The highest BCUT2D eigenvalue weighted by Gasteiger charge is 2.13. The SMILES string of the molecule is Cc1ccc(C(C)C)c(OCCCn2c(CCNC(=O)c3ccc(F)cc3)nc3ccccc32)c1. The smallest absolute Gasteiger partial charge is 0.251 e. The molecule has 1 heterocycles. The molecule has 1 N–H and O–H groups in total. The summed E-state index contributed by atoms with van der Waals surface area (Å²) < 4.78 is 21.5. The van der Waals surface area contributed by atoms with Crippen molar-refractivity contribution in [3.05, 3.63) is 95.1 Å². The van der Waals surface area contributed by atoms with Gasteiger partial charge in [0.1, 0.15) is 17.4 Å². The van der Waals surface area contributed by atoms with Crippen molar-refractivity contribution in [1.82, 2.24) is 14.9 Å². The second-order valence-electron chi connectivity index (χ2n) is 9.08. The maximum absolute atomic E-state index is 13.1. The summed E-state index contributed by atoms with van der Waals surface area (Å²) in [6, 6.07) is 20.0. The largest absolute Gasteiger partial charge is 0.493 e. The van der Waals surface area contributed by atoms with Crippen LogP contribution in [0.25, 0.3) is 11.0 Å². The Kier molecular flexibility index (Phi) is 7.80. The number of amides is 1. The van der Waals surface area contributed by atoms with E-state index in [9.17, 15) is 9.18 Å². The zero-order valence-electron chi connectivity index (χ0n) is 20.6. The number of carbonyl (C=O) groups excluding carboxylic acids is 1. The van der Waals surface area contributed by atoms with Crippen LogP contribution in [0.5, 0.6) is 5.75 Å². The van der Waals surface area contributed by atoms with Crippen molar-refractivity contribution in [2.45, 2.75) is 46.1 Å². The highest BCUT2D eigenvalue weighted by molar-refractivity contribution is 5.94. The highest BCUT2D eigenvalue weighted by atomic mass is 19.1. The number of hydrogen-bond donors (Lipinski definition) is 1. The average Bonchev–Trinajstić information content (AvgIpc) is 3.19. The van der Waals surface area contributed by atoms with Gasteiger partial charge in [0.15, 0.2) is 0 Å². The number of nitrogens with one attached hydrogen (secondary N) is 1. The molecule has 1 amide bonds. The number of aromatic nitrogens is 2. The molecular formula is C29H32FN3O2. The molecule has 0 aliphatic heterocycles. The van der Waals surface area contributed by atoms with Gasteiger partial charge in [0.05, 0.1) is 17.6 Å². The summed E-state index contributed by atoms with van der Waals surface area (Å²) >= 11 is 0. The van der Waals surface area contributed by atoms with Crippen LogP contribution in [0.15, 0.2) is 66.7 Å². The molecule has 5 nitrogen and oxygen atoms in total. The highest BCUT2D eigenvalue weighted by Crippen LogP contribution is 2.27. The van der Waals surface area contributed by atoms with Gasteiger partial charge in [0.2, 0.25) is 0 Å². The molecule has 0 saturated carbocycles. The van der Waals surface area contributed by atoms with E-state index < -0.39 is 0 Å². The van der Waals surface area contributed by atoms with Crippen LogP contribution in [-0.4, -0.2) is 28.6 Å². The van der Waals surface area contributed by atoms with Crippen molar-refractivity contribution in [2.75, 3.05) is 13.2 Å². The molecule has 35 heavy (non-hydrogen) atoms. The third kappa shape index (κ3) is 6.07. The van der Waals surface area contributed by atoms with E-state index in [1.54, 1.807) is 0 Å². The van der Waals surface area contributed by atoms with Crippen LogP contribution in [0.1, 0.15) is 53.5 Å². The third-order valence-electron chi connectivity index (χ3n) is 6.05. The van der Waals surface area contributed by atoms with Gasteiger partial charge in [-0.05, 0) is 72.9 Å². The first-order valence-corrected chi connectivity index (χ1v) is 12.1. The number of halogens is 1. The van der Waals surface area contributed by atoms with Crippen molar-refractivity contribution < 1.29 is 13.9 Å². The zero-order valence-corrected chi connectivity index (χ0v) is 20.6. The lowest BCUT2D eigenvalue weighted by Crippen LogP contribution is -2.26. The van der Waals surface area contributed by atoms with Crippen molar-refractivity contribution in [2.24, 2.45) is 0 Å². The topological polar surface area (TPSA) is 56.1 Å². The molecule has 4 rings (SSSR count). The second-order valence-corrected chi connectivity index (χ2v) is 9.08. The molecule has 0 saturated heterocycles. The Balaban J connectivity index is 1.39. The first-order valence-electron chi connectivity index (χ1n) is 12.1. The minimum Gasteiger partial charge on any atom is -0.493 e. The minimum absolute atomic E-state index is 0.222. The molecule has 0 aliphatic carbocycles. The molecule has 6 heteroatoms. The van der Waals surface area contributed by atoms with E-state index >= 15 is 0 Å². The average molecular weight is 474 g/mol. The van der Waals surface area contributed by atoms with Gasteiger partial charge in [-0.2, -0.15) is 0 Å². The molecule has 0 aliphatic rings. The maximum atomic E-state index is 13.1. The van der Waals surface area contributed by atoms with Crippen LogP contribution in [0.2, 0.25) is 0 Å². The molecule has 0 spiro atoms. The number of benzene rings is 3. The number of ether oxygens (including phenoxy) is 1. The lowest BCUT2D eigenvalue weighted by Gasteiger charge is -2.15. The van der Waals surface area contributed by atoms with Crippen molar-refractivity contribution in [3.63, 3.8) is 0 Å². The first kappa shape index (κ1) is 24.5. The van der Waals surface area contributed by atoms with Crippen LogP contribution in [-0.2, 0) is 13.0 Å². The van der Waals surface area contributed by atoms with Crippen LogP contribution in [0.3, 0.4) is 0 Å². The van der Waals surface area contributed by atoms with Gasteiger partial charge in [-0.15, -0.1) is 0 Å². The Labute approximate surface area is 206 Å². The third-order valence-corrected chi connectivity index (χ3v) is 6.05. The van der Waals surface area contributed by atoms with Gasteiger partial charge >= 0.3 is 0 Å². The van der Waals surface area contributed by atoms with Crippen molar-refractivity contribution in [3.8, 4) is 5.75 Å². The second kappa shape index (κ2) is 11.2. The number of carbonyl (C=O) groups is 1. The Hall–Kier alpha value is -3.67. The summed E-state index contributed by atoms with van der Waals surface area (Å²) in [5, 5.41) is 2.91. The fraction of sp³-hybridized carbons (Fsp3) is 0.310. The molecule has 0 atom stereocenters. The van der Waals surface area contributed by atoms with E-state index in [-0.39, 0.29) is 11.7 Å². The Morgan fingerprint density at radius 1 is 1.09 bits per heavy atom. The number of para-hydroxylation sites is 2. The number of aryl methyl sites for hydroxylation is 2. The fourth-order valence-electron chi connectivity index (χ4n) is 4.21. The lowest BCUT2D eigenvalue weighted by atomic mass is 10.0. The lowest BCUT2D eigenvalue weighted by molar-refractivity contribution is 0.0954. The number of hydrogen-bond acceptors (Lipinski definition) is 3. The van der Waals surface area contributed by atoms with E-state index in [0.29, 0.717) is 31.1 Å². The number of fused-ring (bicyclic) bond motifs is 1. The molecule has 0 bridgehead atoms. The van der Waals surface area contributed by atoms with Crippen LogP contribution >= 0.6 is 0 Å². The normalized spacial score (nSPS) is 11.2. The Morgan fingerprint density at radius 2 is 1.86 bits per heavy atom. The summed E-state index contributed by atoms with van der Waals surface area (Å²) in [5.74, 6) is 1.70. The van der Waals surface area contributed by atoms with Crippen LogP contribution in [0, 0.1) is 12.7 Å². The molecule has 4 aromatic rings. The van der Waals surface area contributed by atoms with E-state index in [1.807, 2.05) is 18.2 Å². The van der Waals surface area contributed by atoms with Gasteiger partial charge < -0.3 is 14.6 Å². The van der Waals surface area contributed by atoms with E-state index in [4.69, 9.17) is 9.72 Å². The summed E-state index contributed by atoms with van der Waals surface area (Å²) in [7, 11) is 0. The predicted molar refractivity (Wildman–Crippen MR) is 138 cm³/mol. The number of imidazole rings is 1. The molecule has 0 fully saturated rings. The van der Waals surface area contributed by atoms with Gasteiger partial charge in [-0.1, -0.05) is 38.1 Å². The van der Waals surface area contributed by atoms with Crippen LogP contribution < -0.4 is 10.1 Å². The van der Waals surface area contributed by atoms with Gasteiger partial charge in [0.25, 0.3) is 5.91 Å². The standard InChI is InChI=1S/C29H32FN3O2/c1-20(2)24-14-9-21(3)19-27(24)35-18-6-17-33-26-8-5-4-7-25(26)32-28(33)15-16-31-29(34)22-10-12-23(30)13-11-22/h4-5,7-14,19-20H,6,15-18H2,1-3H3,(H,31,34). The minimum atomic E-state index is -0.359. The van der Waals surface area contributed by atoms with E-state index in [2.05, 4.69) is 54.9 Å². The Bertz CT molecular complexity index is 1300. The molecular weight excluding hydrogens is 441 g/mol. The van der Waals surface area contributed by atoms with Crippen molar-refractivity contribution >= 4 is 16.9 Å². The molecule has 0 radical (unpaired) electrons. The predicted octanol–water partition coefficient (Wildman–Crippen LogP) is 6.05. The fourth-order valence-corrected chi connectivity index (χ4v) is 4.21. The summed E-state index contributed by atoms with van der Waals surface area (Å²) in [6.07, 6.45) is 1.43. The Morgan fingerprint density at radius 3 is 2.63 bits per heavy atom. The molecule has 3 aromatic carbocycles. The molecule has 0 unspecified atom stereocenters. The monoisotopic (exact) mass is 473 g/mol. The summed E-state index contributed by atoms with van der Waals surface area (Å²) in [5.41, 5.74) is 4.87. The van der Waals surface area contributed by atoms with E-state index in [0.717, 1.165) is 35.6 Å². The van der Waals surface area contributed by atoms with Gasteiger partial charge in [-0.3, -0.25) is 4.79 Å². The zero-order chi connectivity index (χ0) is 24.8. The summed E-state index contributed by atoms with van der Waals surface area (Å²) in [6.45, 7) is 8.25.